The minimum absolute atomic E-state index is 0.123. The van der Waals surface area contributed by atoms with Crippen LogP contribution in [0.3, 0.4) is 0 Å². The molecule has 0 radical (unpaired) electrons. The molecule has 96 valence electrons. The minimum atomic E-state index is -0.249. The largest absolute Gasteiger partial charge is 0.394 e. The van der Waals surface area contributed by atoms with Crippen molar-refractivity contribution in [3.63, 3.8) is 0 Å². The van der Waals surface area contributed by atoms with Gasteiger partial charge in [0.15, 0.2) is 0 Å². The summed E-state index contributed by atoms with van der Waals surface area (Å²) in [5.74, 6) is 0. The van der Waals surface area contributed by atoms with E-state index in [1.54, 1.807) is 6.20 Å². The van der Waals surface area contributed by atoms with E-state index in [0.29, 0.717) is 0 Å². The van der Waals surface area contributed by atoms with E-state index < -0.39 is 0 Å². The van der Waals surface area contributed by atoms with Gasteiger partial charge in [0, 0.05) is 24.5 Å². The van der Waals surface area contributed by atoms with E-state index in [1.165, 1.54) is 5.56 Å². The Balaban J connectivity index is 2.00. The molecule has 18 heavy (non-hydrogen) atoms. The lowest BCUT2D eigenvalue weighted by Crippen LogP contribution is -2.42. The van der Waals surface area contributed by atoms with Crippen LogP contribution in [-0.2, 0) is 6.54 Å². The third kappa shape index (κ3) is 3.18. The highest BCUT2D eigenvalue weighted by molar-refractivity contribution is 5.33. The summed E-state index contributed by atoms with van der Waals surface area (Å²) in [6.07, 6.45) is 3.68. The Labute approximate surface area is 107 Å². The highest BCUT2D eigenvalue weighted by Crippen LogP contribution is 2.10. The van der Waals surface area contributed by atoms with Crippen molar-refractivity contribution in [3.05, 3.63) is 48.3 Å². The first-order valence-corrected chi connectivity index (χ1v) is 6.05. The zero-order valence-electron chi connectivity index (χ0n) is 10.8. The van der Waals surface area contributed by atoms with E-state index in [4.69, 9.17) is 5.11 Å². The van der Waals surface area contributed by atoms with Crippen molar-refractivity contribution < 1.29 is 5.11 Å². The fourth-order valence-electron chi connectivity index (χ4n) is 1.59. The molecule has 0 aliphatic heterocycles. The van der Waals surface area contributed by atoms with Crippen LogP contribution in [0.5, 0.6) is 0 Å². The van der Waals surface area contributed by atoms with Crippen LogP contribution in [0.25, 0.3) is 5.69 Å². The van der Waals surface area contributed by atoms with Gasteiger partial charge in [0.2, 0.25) is 0 Å². The zero-order chi connectivity index (χ0) is 13.0. The third-order valence-corrected chi connectivity index (χ3v) is 2.87. The molecular formula is C14H19N3O. The number of aromatic nitrogens is 2. The van der Waals surface area contributed by atoms with Crippen molar-refractivity contribution >= 4 is 0 Å². The molecule has 4 nitrogen and oxygen atoms in total. The Kier molecular flexibility index (Phi) is 3.79. The van der Waals surface area contributed by atoms with Gasteiger partial charge in [-0.15, -0.1) is 0 Å². The Morgan fingerprint density at radius 3 is 2.56 bits per heavy atom. The molecule has 0 aliphatic rings. The Hall–Kier alpha value is -1.65. The summed E-state index contributed by atoms with van der Waals surface area (Å²) in [4.78, 5) is 0. The second-order valence-electron chi connectivity index (χ2n) is 5.01. The predicted octanol–water partition coefficient (Wildman–Crippen LogP) is 1.73. The molecule has 2 rings (SSSR count). The number of aliphatic hydroxyl groups excluding tert-OH is 1. The minimum Gasteiger partial charge on any atom is -0.394 e. The number of nitrogens with zero attached hydrogens (tertiary/aromatic N) is 2. The van der Waals surface area contributed by atoms with Gasteiger partial charge in [0.05, 0.1) is 12.3 Å². The van der Waals surface area contributed by atoms with Crippen molar-refractivity contribution in [1.82, 2.24) is 15.1 Å². The van der Waals surface area contributed by atoms with Crippen LogP contribution >= 0.6 is 0 Å². The SMILES string of the molecule is CC(C)(CO)NCc1ccc(-n2cccn2)cc1. The number of rotatable bonds is 5. The van der Waals surface area contributed by atoms with Gasteiger partial charge in [-0.25, -0.2) is 4.68 Å². The normalized spacial score (nSPS) is 11.7. The fourth-order valence-corrected chi connectivity index (χ4v) is 1.59. The highest BCUT2D eigenvalue weighted by atomic mass is 16.3. The van der Waals surface area contributed by atoms with Crippen molar-refractivity contribution in [3.8, 4) is 5.69 Å². The maximum Gasteiger partial charge on any atom is 0.0645 e. The van der Waals surface area contributed by atoms with Crippen molar-refractivity contribution in [2.45, 2.75) is 25.9 Å². The first kappa shape index (κ1) is 12.8. The van der Waals surface area contributed by atoms with Crippen molar-refractivity contribution in [2.75, 3.05) is 6.61 Å². The molecule has 0 atom stereocenters. The van der Waals surface area contributed by atoms with Crippen LogP contribution < -0.4 is 5.32 Å². The first-order valence-electron chi connectivity index (χ1n) is 6.05. The Morgan fingerprint density at radius 2 is 2.00 bits per heavy atom. The fraction of sp³-hybridized carbons (Fsp3) is 0.357. The van der Waals surface area contributed by atoms with Crippen LogP contribution in [0.4, 0.5) is 0 Å². The number of nitrogens with one attached hydrogen (secondary N) is 1. The third-order valence-electron chi connectivity index (χ3n) is 2.87. The summed E-state index contributed by atoms with van der Waals surface area (Å²) in [5, 5.41) is 16.7. The summed E-state index contributed by atoms with van der Waals surface area (Å²) >= 11 is 0. The van der Waals surface area contributed by atoms with Crippen LogP contribution in [0.1, 0.15) is 19.4 Å². The quantitative estimate of drug-likeness (QED) is 0.843. The van der Waals surface area contributed by atoms with Gasteiger partial charge < -0.3 is 10.4 Å². The van der Waals surface area contributed by atoms with Gasteiger partial charge in [0.25, 0.3) is 0 Å². The molecule has 0 amide bonds. The maximum atomic E-state index is 9.17. The van der Waals surface area contributed by atoms with E-state index in [2.05, 4.69) is 22.5 Å². The lowest BCUT2D eigenvalue weighted by atomic mass is 10.1. The predicted molar refractivity (Wildman–Crippen MR) is 71.6 cm³/mol. The molecule has 2 aromatic rings. The van der Waals surface area contributed by atoms with Gasteiger partial charge in [-0.05, 0) is 37.6 Å². The summed E-state index contributed by atoms with van der Waals surface area (Å²) < 4.78 is 1.83. The van der Waals surface area contributed by atoms with Crippen molar-refractivity contribution in [2.24, 2.45) is 0 Å². The Bertz CT molecular complexity index is 474. The van der Waals surface area contributed by atoms with Gasteiger partial charge in [-0.3, -0.25) is 0 Å². The van der Waals surface area contributed by atoms with Gasteiger partial charge >= 0.3 is 0 Å². The monoisotopic (exact) mass is 245 g/mol. The number of hydrogen-bond donors (Lipinski definition) is 2. The molecule has 0 saturated carbocycles. The van der Waals surface area contributed by atoms with Crippen molar-refractivity contribution in [1.29, 1.82) is 0 Å². The van der Waals surface area contributed by atoms with E-state index in [-0.39, 0.29) is 12.1 Å². The van der Waals surface area contributed by atoms with E-state index in [1.807, 2.05) is 42.9 Å². The van der Waals surface area contributed by atoms with E-state index in [9.17, 15) is 0 Å². The molecule has 2 N–H and O–H groups in total. The summed E-state index contributed by atoms with van der Waals surface area (Å²) in [7, 11) is 0. The molecule has 0 saturated heterocycles. The topological polar surface area (TPSA) is 50.1 Å². The average Bonchev–Trinajstić information content (AvgIpc) is 2.91. The molecule has 1 aromatic carbocycles. The van der Waals surface area contributed by atoms with Crippen LogP contribution in [0.15, 0.2) is 42.7 Å². The van der Waals surface area contributed by atoms with Gasteiger partial charge in [-0.2, -0.15) is 5.10 Å². The second-order valence-corrected chi connectivity index (χ2v) is 5.01. The highest BCUT2D eigenvalue weighted by Gasteiger charge is 2.14. The van der Waals surface area contributed by atoms with Crippen LogP contribution in [-0.4, -0.2) is 27.0 Å². The smallest absolute Gasteiger partial charge is 0.0645 e. The first-order chi connectivity index (χ1) is 8.61. The molecular weight excluding hydrogens is 226 g/mol. The molecule has 1 heterocycles. The number of aliphatic hydroxyl groups is 1. The van der Waals surface area contributed by atoms with Gasteiger partial charge in [0.1, 0.15) is 0 Å². The van der Waals surface area contributed by atoms with E-state index in [0.717, 1.165) is 12.2 Å². The van der Waals surface area contributed by atoms with E-state index >= 15 is 0 Å². The molecule has 0 bridgehead atoms. The zero-order valence-corrected chi connectivity index (χ0v) is 10.8. The summed E-state index contributed by atoms with van der Waals surface area (Å²) in [6, 6.07) is 10.1. The lowest BCUT2D eigenvalue weighted by Gasteiger charge is -2.23. The molecule has 0 unspecified atom stereocenters. The molecule has 0 fully saturated rings. The average molecular weight is 245 g/mol. The van der Waals surface area contributed by atoms with Gasteiger partial charge in [-0.1, -0.05) is 12.1 Å². The molecule has 0 spiro atoms. The Morgan fingerprint density at radius 1 is 1.28 bits per heavy atom. The molecule has 0 aliphatic carbocycles. The summed E-state index contributed by atoms with van der Waals surface area (Å²) in [6.45, 7) is 4.82. The standard InChI is InChI=1S/C14H19N3O/c1-14(2,11-18)15-10-12-4-6-13(7-5-12)17-9-3-8-16-17/h3-9,15,18H,10-11H2,1-2H3. The second kappa shape index (κ2) is 5.33. The number of hydrogen-bond acceptors (Lipinski definition) is 3. The summed E-state index contributed by atoms with van der Waals surface area (Å²) in [5.41, 5.74) is 1.98. The van der Waals surface area contributed by atoms with Crippen LogP contribution in [0, 0.1) is 0 Å². The molecule has 4 heteroatoms. The maximum absolute atomic E-state index is 9.17. The van der Waals surface area contributed by atoms with Crippen LogP contribution in [0.2, 0.25) is 0 Å². The molecule has 1 aromatic heterocycles. The number of benzene rings is 1. The lowest BCUT2D eigenvalue weighted by molar-refractivity contribution is 0.187.